The second kappa shape index (κ2) is 8.17. The molecule has 1 aromatic carbocycles. The molecule has 0 aliphatic carbocycles. The molecule has 0 spiro atoms. The number of hydrogen-bond donors (Lipinski definition) is 1. The molecule has 0 aliphatic rings. The second-order valence-electron chi connectivity index (χ2n) is 6.37. The molecule has 0 fully saturated rings. The highest BCUT2D eigenvalue weighted by atomic mass is 35.5. The first-order valence-corrected chi connectivity index (χ1v) is 8.83. The fraction of sp³-hybridized carbons (Fsp3) is 0.294. The van der Waals surface area contributed by atoms with E-state index in [2.05, 4.69) is 20.5 Å². The van der Waals surface area contributed by atoms with Gasteiger partial charge in [0.05, 0.1) is 35.9 Å². The van der Waals surface area contributed by atoms with Crippen molar-refractivity contribution >= 4 is 29.3 Å². The van der Waals surface area contributed by atoms with E-state index in [9.17, 15) is 14.9 Å². The Morgan fingerprint density at radius 2 is 2.14 bits per heavy atom. The van der Waals surface area contributed by atoms with Crippen LogP contribution in [0, 0.1) is 23.0 Å². The lowest BCUT2D eigenvalue weighted by molar-refractivity contribution is -0.389. The van der Waals surface area contributed by atoms with Gasteiger partial charge in [0.25, 0.3) is 0 Å². The summed E-state index contributed by atoms with van der Waals surface area (Å²) in [7, 11) is 0. The van der Waals surface area contributed by atoms with E-state index in [-0.39, 0.29) is 24.2 Å². The van der Waals surface area contributed by atoms with Gasteiger partial charge in [-0.2, -0.15) is 4.68 Å². The van der Waals surface area contributed by atoms with Crippen LogP contribution in [-0.2, 0) is 17.9 Å². The average molecular weight is 404 g/mol. The molecule has 0 saturated carbocycles. The zero-order chi connectivity index (χ0) is 20.3. The highest BCUT2D eigenvalue weighted by Crippen LogP contribution is 2.14. The Morgan fingerprint density at radius 3 is 2.82 bits per heavy atom. The standard InChI is InChI=1S/C17H18ClN7O3/c1-11(8-24-12(2)6-15(21-24)25(27)28)16(26)20-17-19-10-23(22-17)9-13-4-3-5-14(18)7-13/h3-7,10-11H,8-9H2,1-2H3,(H,20,22,26). The highest BCUT2D eigenvalue weighted by molar-refractivity contribution is 6.30. The van der Waals surface area contributed by atoms with Crippen molar-refractivity contribution in [2.45, 2.75) is 26.9 Å². The topological polar surface area (TPSA) is 121 Å². The van der Waals surface area contributed by atoms with Crippen LogP contribution < -0.4 is 5.32 Å². The molecule has 1 atom stereocenters. The number of aromatic nitrogens is 5. The summed E-state index contributed by atoms with van der Waals surface area (Å²) in [5.41, 5.74) is 1.56. The Labute approximate surface area is 165 Å². The Balaban J connectivity index is 1.60. The summed E-state index contributed by atoms with van der Waals surface area (Å²) in [4.78, 5) is 26.7. The lowest BCUT2D eigenvalue weighted by Crippen LogP contribution is -2.25. The molecule has 0 radical (unpaired) electrons. The predicted octanol–water partition coefficient (Wildman–Crippen LogP) is 2.67. The molecule has 0 saturated heterocycles. The number of benzene rings is 1. The van der Waals surface area contributed by atoms with E-state index < -0.39 is 10.8 Å². The summed E-state index contributed by atoms with van der Waals surface area (Å²) >= 11 is 5.97. The van der Waals surface area contributed by atoms with Gasteiger partial charge in [-0.3, -0.25) is 10.1 Å². The van der Waals surface area contributed by atoms with Gasteiger partial charge in [0.15, 0.2) is 0 Å². The molecular formula is C17H18ClN7O3. The maximum atomic E-state index is 12.4. The quantitative estimate of drug-likeness (QED) is 0.478. The van der Waals surface area contributed by atoms with E-state index >= 15 is 0 Å². The van der Waals surface area contributed by atoms with Crippen LogP contribution in [0.3, 0.4) is 0 Å². The molecular weight excluding hydrogens is 386 g/mol. The van der Waals surface area contributed by atoms with Gasteiger partial charge < -0.3 is 10.1 Å². The second-order valence-corrected chi connectivity index (χ2v) is 6.81. The average Bonchev–Trinajstić information content (AvgIpc) is 3.22. The molecule has 146 valence electrons. The Hall–Kier alpha value is -3.27. The zero-order valence-electron chi connectivity index (χ0n) is 15.2. The van der Waals surface area contributed by atoms with Crippen LogP contribution in [-0.4, -0.2) is 35.4 Å². The SMILES string of the molecule is Cc1cc([N+](=O)[O-])nn1CC(C)C(=O)Nc1ncn(Cc2cccc(Cl)c2)n1. The number of amides is 1. The van der Waals surface area contributed by atoms with E-state index in [1.807, 2.05) is 18.2 Å². The molecule has 1 N–H and O–H groups in total. The lowest BCUT2D eigenvalue weighted by atomic mass is 10.1. The van der Waals surface area contributed by atoms with Gasteiger partial charge in [-0.25, -0.2) is 9.67 Å². The summed E-state index contributed by atoms with van der Waals surface area (Å²) in [5.74, 6) is -0.857. The lowest BCUT2D eigenvalue weighted by Gasteiger charge is -2.09. The monoisotopic (exact) mass is 403 g/mol. The van der Waals surface area contributed by atoms with Gasteiger partial charge in [0, 0.05) is 5.02 Å². The number of nitrogens with one attached hydrogen (secondary N) is 1. The van der Waals surface area contributed by atoms with Crippen LogP contribution >= 0.6 is 11.6 Å². The number of anilines is 1. The number of halogens is 1. The zero-order valence-corrected chi connectivity index (χ0v) is 16.0. The molecule has 3 aromatic rings. The Bertz CT molecular complexity index is 1010. The number of aryl methyl sites for hydroxylation is 1. The highest BCUT2D eigenvalue weighted by Gasteiger charge is 2.21. The predicted molar refractivity (Wildman–Crippen MR) is 102 cm³/mol. The van der Waals surface area contributed by atoms with Gasteiger partial charge in [0.1, 0.15) is 6.33 Å². The number of nitro groups is 1. The molecule has 10 nitrogen and oxygen atoms in total. The number of nitrogens with zero attached hydrogens (tertiary/aromatic N) is 6. The minimum Gasteiger partial charge on any atom is -0.358 e. The summed E-state index contributed by atoms with van der Waals surface area (Å²) in [5, 5.41) is 22.2. The van der Waals surface area contributed by atoms with Crippen molar-refractivity contribution in [3.05, 3.63) is 63.1 Å². The van der Waals surface area contributed by atoms with Crippen molar-refractivity contribution in [1.82, 2.24) is 24.5 Å². The summed E-state index contributed by atoms with van der Waals surface area (Å²) in [6.07, 6.45) is 1.52. The van der Waals surface area contributed by atoms with Crippen LogP contribution in [0.15, 0.2) is 36.7 Å². The van der Waals surface area contributed by atoms with Crippen molar-refractivity contribution in [3.63, 3.8) is 0 Å². The molecule has 3 rings (SSSR count). The van der Waals surface area contributed by atoms with Gasteiger partial charge >= 0.3 is 5.82 Å². The number of rotatable bonds is 7. The van der Waals surface area contributed by atoms with Gasteiger partial charge in [-0.05, 0) is 29.5 Å². The molecule has 2 heterocycles. The van der Waals surface area contributed by atoms with Gasteiger partial charge in [-0.15, -0.1) is 5.10 Å². The third-order valence-electron chi connectivity index (χ3n) is 4.05. The van der Waals surface area contributed by atoms with Crippen molar-refractivity contribution in [1.29, 1.82) is 0 Å². The smallest absolute Gasteiger partial charge is 0.358 e. The van der Waals surface area contributed by atoms with Crippen LogP contribution in [0.5, 0.6) is 0 Å². The summed E-state index contributed by atoms with van der Waals surface area (Å²) in [6, 6.07) is 8.74. The van der Waals surface area contributed by atoms with Crippen LogP contribution in [0.25, 0.3) is 0 Å². The minimum atomic E-state index is -0.565. The summed E-state index contributed by atoms with van der Waals surface area (Å²) in [6.45, 7) is 4.07. The normalized spacial score (nSPS) is 12.0. The van der Waals surface area contributed by atoms with E-state index in [1.165, 1.54) is 17.1 Å². The molecule has 2 aromatic heterocycles. The van der Waals surface area contributed by atoms with Gasteiger partial charge in [-0.1, -0.05) is 30.7 Å². The van der Waals surface area contributed by atoms with Gasteiger partial charge in [0.2, 0.25) is 11.9 Å². The maximum absolute atomic E-state index is 12.4. The fourth-order valence-corrected chi connectivity index (χ4v) is 2.81. The Kier molecular flexibility index (Phi) is 5.69. The molecule has 11 heteroatoms. The third-order valence-corrected chi connectivity index (χ3v) is 4.29. The fourth-order valence-electron chi connectivity index (χ4n) is 2.59. The van der Waals surface area contributed by atoms with E-state index in [0.717, 1.165) is 5.56 Å². The van der Waals surface area contributed by atoms with E-state index in [1.54, 1.807) is 24.6 Å². The van der Waals surface area contributed by atoms with E-state index in [4.69, 9.17) is 11.6 Å². The third kappa shape index (κ3) is 4.71. The van der Waals surface area contributed by atoms with Crippen LogP contribution in [0.1, 0.15) is 18.2 Å². The molecule has 1 amide bonds. The first-order valence-electron chi connectivity index (χ1n) is 8.45. The molecule has 28 heavy (non-hydrogen) atoms. The number of carbonyl (C=O) groups excluding carboxylic acids is 1. The van der Waals surface area contributed by atoms with Crippen molar-refractivity contribution in [2.24, 2.45) is 5.92 Å². The van der Waals surface area contributed by atoms with Crippen LogP contribution in [0.4, 0.5) is 11.8 Å². The van der Waals surface area contributed by atoms with Crippen molar-refractivity contribution < 1.29 is 9.72 Å². The Morgan fingerprint density at radius 1 is 1.36 bits per heavy atom. The largest absolute Gasteiger partial charge is 0.390 e. The number of carbonyl (C=O) groups is 1. The molecule has 0 bridgehead atoms. The molecule has 0 aliphatic heterocycles. The van der Waals surface area contributed by atoms with E-state index in [0.29, 0.717) is 17.3 Å². The number of hydrogen-bond acceptors (Lipinski definition) is 6. The van der Waals surface area contributed by atoms with Crippen molar-refractivity contribution in [2.75, 3.05) is 5.32 Å². The maximum Gasteiger partial charge on any atom is 0.390 e. The first kappa shape index (κ1) is 19.5. The van der Waals surface area contributed by atoms with Crippen LogP contribution in [0.2, 0.25) is 5.02 Å². The molecule has 1 unspecified atom stereocenters. The van der Waals surface area contributed by atoms with Crippen molar-refractivity contribution in [3.8, 4) is 0 Å². The first-order chi connectivity index (χ1) is 13.3. The minimum absolute atomic E-state index is 0.182. The summed E-state index contributed by atoms with van der Waals surface area (Å²) < 4.78 is 3.03.